The van der Waals surface area contributed by atoms with Gasteiger partial charge in [0.2, 0.25) is 5.95 Å². The highest BCUT2D eigenvalue weighted by molar-refractivity contribution is 5.80. The molecule has 0 unspecified atom stereocenters. The SMILES string of the molecule is CCCOc1c(F)cc(C=NNc2nc(-c3ccccc3)c(C#N)c(=O)[nH]2)cc1F. The van der Waals surface area contributed by atoms with Gasteiger partial charge in [-0.25, -0.2) is 19.2 Å². The third-order valence-electron chi connectivity index (χ3n) is 3.93. The molecule has 0 atom stereocenters. The molecular weight excluding hydrogens is 392 g/mol. The third kappa shape index (κ3) is 4.67. The number of nitrogens with one attached hydrogen (secondary N) is 2. The van der Waals surface area contributed by atoms with Gasteiger partial charge in [-0.3, -0.25) is 9.78 Å². The molecule has 2 aromatic carbocycles. The molecule has 2 N–H and O–H groups in total. The van der Waals surface area contributed by atoms with Gasteiger partial charge >= 0.3 is 0 Å². The maximum absolute atomic E-state index is 14.0. The van der Waals surface area contributed by atoms with E-state index in [0.29, 0.717) is 12.0 Å². The van der Waals surface area contributed by atoms with Crippen LogP contribution >= 0.6 is 0 Å². The van der Waals surface area contributed by atoms with E-state index in [0.717, 1.165) is 18.3 Å². The van der Waals surface area contributed by atoms with Crippen molar-refractivity contribution in [2.45, 2.75) is 13.3 Å². The molecule has 30 heavy (non-hydrogen) atoms. The normalized spacial score (nSPS) is 10.7. The number of aromatic nitrogens is 2. The largest absolute Gasteiger partial charge is 0.488 e. The molecule has 0 amide bonds. The van der Waals surface area contributed by atoms with Crippen LogP contribution in [-0.2, 0) is 0 Å². The van der Waals surface area contributed by atoms with Gasteiger partial charge in [0, 0.05) is 11.1 Å². The van der Waals surface area contributed by atoms with Gasteiger partial charge in [-0.2, -0.15) is 10.4 Å². The van der Waals surface area contributed by atoms with Gasteiger partial charge in [-0.1, -0.05) is 37.3 Å². The van der Waals surface area contributed by atoms with E-state index >= 15 is 0 Å². The summed E-state index contributed by atoms with van der Waals surface area (Å²) >= 11 is 0. The number of hydrazone groups is 1. The Bertz CT molecular complexity index is 1150. The van der Waals surface area contributed by atoms with Crippen LogP contribution in [-0.4, -0.2) is 22.8 Å². The Morgan fingerprint density at radius 3 is 2.60 bits per heavy atom. The average molecular weight is 409 g/mol. The number of nitrogens with zero attached hydrogens (tertiary/aromatic N) is 3. The number of aromatic amines is 1. The highest BCUT2D eigenvalue weighted by Gasteiger charge is 2.13. The number of H-pyrrole nitrogens is 1. The topological polar surface area (TPSA) is 103 Å². The summed E-state index contributed by atoms with van der Waals surface area (Å²) in [6.45, 7) is 2.03. The van der Waals surface area contributed by atoms with Gasteiger partial charge in [-0.05, 0) is 18.6 Å². The van der Waals surface area contributed by atoms with E-state index in [9.17, 15) is 18.8 Å². The molecule has 3 rings (SSSR count). The lowest BCUT2D eigenvalue weighted by Gasteiger charge is -2.08. The molecule has 3 aromatic rings. The van der Waals surface area contributed by atoms with Gasteiger partial charge in [0.15, 0.2) is 17.4 Å². The molecule has 0 saturated carbocycles. The second-order valence-electron chi connectivity index (χ2n) is 6.15. The summed E-state index contributed by atoms with van der Waals surface area (Å²) in [4.78, 5) is 18.8. The Labute approximate surface area is 170 Å². The van der Waals surface area contributed by atoms with E-state index < -0.39 is 22.9 Å². The van der Waals surface area contributed by atoms with Gasteiger partial charge < -0.3 is 4.74 Å². The number of hydrogen-bond donors (Lipinski definition) is 2. The molecule has 1 aromatic heterocycles. The van der Waals surface area contributed by atoms with E-state index in [1.165, 1.54) is 0 Å². The summed E-state index contributed by atoms with van der Waals surface area (Å²) in [6, 6.07) is 12.7. The predicted molar refractivity (Wildman–Crippen MR) is 108 cm³/mol. The van der Waals surface area contributed by atoms with Crippen LogP contribution in [0.15, 0.2) is 52.4 Å². The van der Waals surface area contributed by atoms with E-state index in [2.05, 4.69) is 20.5 Å². The summed E-state index contributed by atoms with van der Waals surface area (Å²) in [5, 5.41) is 13.1. The molecule has 0 aliphatic rings. The Balaban J connectivity index is 1.84. The Morgan fingerprint density at radius 2 is 1.97 bits per heavy atom. The van der Waals surface area contributed by atoms with Crippen molar-refractivity contribution in [3.63, 3.8) is 0 Å². The smallest absolute Gasteiger partial charge is 0.270 e. The lowest BCUT2D eigenvalue weighted by Crippen LogP contribution is -2.16. The lowest BCUT2D eigenvalue weighted by molar-refractivity contribution is 0.285. The van der Waals surface area contributed by atoms with Crippen molar-refractivity contribution in [1.29, 1.82) is 5.26 Å². The van der Waals surface area contributed by atoms with Crippen LogP contribution in [0.2, 0.25) is 0 Å². The summed E-state index contributed by atoms with van der Waals surface area (Å²) in [5.74, 6) is -2.16. The second kappa shape index (κ2) is 9.43. The highest BCUT2D eigenvalue weighted by atomic mass is 19.1. The molecule has 0 aliphatic heterocycles. The molecule has 0 fully saturated rings. The van der Waals surface area contributed by atoms with Crippen LogP contribution in [0.1, 0.15) is 24.5 Å². The van der Waals surface area contributed by atoms with E-state index in [1.54, 1.807) is 30.3 Å². The third-order valence-corrected chi connectivity index (χ3v) is 3.93. The summed E-state index contributed by atoms with van der Waals surface area (Å²) in [5.41, 5.74) is 2.63. The average Bonchev–Trinajstić information content (AvgIpc) is 2.73. The molecule has 152 valence electrons. The van der Waals surface area contributed by atoms with Gasteiger partial charge in [0.25, 0.3) is 5.56 Å². The first kappa shape index (κ1) is 20.7. The number of ether oxygens (including phenoxy) is 1. The van der Waals surface area contributed by atoms with Gasteiger partial charge in [-0.15, -0.1) is 0 Å². The minimum absolute atomic E-state index is 0.0297. The maximum Gasteiger partial charge on any atom is 0.270 e. The zero-order chi connectivity index (χ0) is 21.5. The minimum atomic E-state index is -0.846. The summed E-state index contributed by atoms with van der Waals surface area (Å²) in [6.07, 6.45) is 1.78. The number of halogens is 2. The molecule has 7 nitrogen and oxygen atoms in total. The number of hydrogen-bond acceptors (Lipinski definition) is 6. The van der Waals surface area contributed by atoms with Gasteiger partial charge in [0.05, 0.1) is 18.5 Å². The highest BCUT2D eigenvalue weighted by Crippen LogP contribution is 2.23. The summed E-state index contributed by atoms with van der Waals surface area (Å²) in [7, 11) is 0. The number of rotatable bonds is 7. The van der Waals surface area contributed by atoms with Crippen LogP contribution in [0.5, 0.6) is 5.75 Å². The molecular formula is C21H17F2N5O2. The van der Waals surface area contributed by atoms with Crippen molar-refractivity contribution in [2.24, 2.45) is 5.10 Å². The van der Waals surface area contributed by atoms with Crippen LogP contribution in [0.3, 0.4) is 0 Å². The first-order chi connectivity index (χ1) is 14.5. The first-order valence-corrected chi connectivity index (χ1v) is 9.04. The monoisotopic (exact) mass is 409 g/mol. The molecule has 0 saturated heterocycles. The fraction of sp³-hybridized carbons (Fsp3) is 0.143. The zero-order valence-electron chi connectivity index (χ0n) is 15.9. The molecule has 0 spiro atoms. The maximum atomic E-state index is 14.0. The standard InChI is InChI=1S/C21H17F2N5O2/c1-2-8-30-19-16(22)9-13(10-17(19)23)12-25-28-21-26-18(14-6-4-3-5-7-14)15(11-24)20(29)27-21/h3-7,9-10,12H,2,8H2,1H3,(H2,26,27,28,29). The van der Waals surface area contributed by atoms with Crippen molar-refractivity contribution in [2.75, 3.05) is 12.0 Å². The Kier molecular flexibility index (Phi) is 6.49. The van der Waals surface area contributed by atoms with Crippen molar-refractivity contribution >= 4 is 12.2 Å². The fourth-order valence-electron chi connectivity index (χ4n) is 2.60. The predicted octanol–water partition coefficient (Wildman–Crippen LogP) is 3.82. The number of benzene rings is 2. The van der Waals surface area contributed by atoms with E-state index in [-0.39, 0.29) is 29.4 Å². The second-order valence-corrected chi connectivity index (χ2v) is 6.15. The van der Waals surface area contributed by atoms with Crippen molar-refractivity contribution in [3.8, 4) is 23.1 Å². The quantitative estimate of drug-likeness (QED) is 0.456. The van der Waals surface area contributed by atoms with Crippen molar-refractivity contribution < 1.29 is 13.5 Å². The minimum Gasteiger partial charge on any atom is -0.488 e. The Hall–Kier alpha value is -4.06. The molecule has 0 aliphatic carbocycles. The van der Waals surface area contributed by atoms with E-state index in [4.69, 9.17) is 4.74 Å². The first-order valence-electron chi connectivity index (χ1n) is 9.04. The van der Waals surface area contributed by atoms with Crippen LogP contribution in [0, 0.1) is 23.0 Å². The number of anilines is 1. The molecule has 0 radical (unpaired) electrons. The van der Waals surface area contributed by atoms with Crippen LogP contribution in [0.4, 0.5) is 14.7 Å². The van der Waals surface area contributed by atoms with Crippen LogP contribution in [0.25, 0.3) is 11.3 Å². The van der Waals surface area contributed by atoms with E-state index in [1.807, 2.05) is 13.0 Å². The number of nitriles is 1. The molecule has 1 heterocycles. The zero-order valence-corrected chi connectivity index (χ0v) is 15.9. The molecule has 0 bridgehead atoms. The van der Waals surface area contributed by atoms with Crippen LogP contribution < -0.4 is 15.7 Å². The van der Waals surface area contributed by atoms with Crippen molar-refractivity contribution in [3.05, 3.63) is 75.6 Å². The van der Waals surface area contributed by atoms with Gasteiger partial charge in [0.1, 0.15) is 11.6 Å². The Morgan fingerprint density at radius 1 is 1.27 bits per heavy atom. The molecule has 9 heteroatoms. The summed E-state index contributed by atoms with van der Waals surface area (Å²) < 4.78 is 33.1. The van der Waals surface area contributed by atoms with Crippen molar-refractivity contribution in [1.82, 2.24) is 9.97 Å². The fourth-order valence-corrected chi connectivity index (χ4v) is 2.60. The lowest BCUT2D eigenvalue weighted by atomic mass is 10.1.